The third kappa shape index (κ3) is 3.42. The zero-order valence-electron chi connectivity index (χ0n) is 14.0. The molecule has 26 heavy (non-hydrogen) atoms. The molecule has 2 heterocycles. The van der Waals surface area contributed by atoms with Crippen LogP contribution in [0.15, 0.2) is 18.2 Å². The molecule has 1 aromatic rings. The Labute approximate surface area is 147 Å². The molecule has 4 amide bonds. The SMILES string of the molecule is CC(F)(F)C(=O)NCc1ccc2c(c1)CN(C1CCC(=O)NC1=O)C2=O. The van der Waals surface area contributed by atoms with Crippen LogP contribution in [-0.2, 0) is 27.5 Å². The molecule has 2 N–H and O–H groups in total. The summed E-state index contributed by atoms with van der Waals surface area (Å²) in [6, 6.07) is 4.05. The maximum atomic E-state index is 12.9. The highest BCUT2D eigenvalue weighted by atomic mass is 19.3. The van der Waals surface area contributed by atoms with Gasteiger partial charge in [-0.25, -0.2) is 0 Å². The van der Waals surface area contributed by atoms with Crippen molar-refractivity contribution < 1.29 is 28.0 Å². The lowest BCUT2D eigenvalue weighted by molar-refractivity contribution is -0.143. The van der Waals surface area contributed by atoms with Crippen molar-refractivity contribution in [3.05, 3.63) is 34.9 Å². The molecule has 3 rings (SSSR count). The van der Waals surface area contributed by atoms with Crippen molar-refractivity contribution in [1.29, 1.82) is 0 Å². The van der Waals surface area contributed by atoms with E-state index in [4.69, 9.17) is 0 Å². The summed E-state index contributed by atoms with van der Waals surface area (Å²) in [4.78, 5) is 48.4. The molecule has 0 spiro atoms. The zero-order chi connectivity index (χ0) is 19.1. The van der Waals surface area contributed by atoms with Crippen LogP contribution in [0.2, 0.25) is 0 Å². The number of carbonyl (C=O) groups excluding carboxylic acids is 4. The topological polar surface area (TPSA) is 95.6 Å². The quantitative estimate of drug-likeness (QED) is 0.769. The molecule has 0 radical (unpaired) electrons. The van der Waals surface area contributed by atoms with Gasteiger partial charge in [-0.1, -0.05) is 12.1 Å². The molecule has 0 saturated carbocycles. The van der Waals surface area contributed by atoms with E-state index in [1.54, 1.807) is 18.2 Å². The second-order valence-electron chi connectivity index (χ2n) is 6.46. The van der Waals surface area contributed by atoms with E-state index in [1.807, 2.05) is 0 Å². The first-order chi connectivity index (χ1) is 12.2. The van der Waals surface area contributed by atoms with Gasteiger partial charge >= 0.3 is 5.92 Å². The molecule has 0 aromatic heterocycles. The molecular formula is C17H17F2N3O4. The van der Waals surface area contributed by atoms with E-state index >= 15 is 0 Å². The summed E-state index contributed by atoms with van der Waals surface area (Å²) in [6.45, 7) is 0.607. The van der Waals surface area contributed by atoms with Crippen LogP contribution in [0.3, 0.4) is 0 Å². The first-order valence-electron chi connectivity index (χ1n) is 8.09. The van der Waals surface area contributed by atoms with Crippen molar-refractivity contribution in [1.82, 2.24) is 15.5 Å². The number of carbonyl (C=O) groups is 4. The molecule has 2 aliphatic heterocycles. The highest BCUT2D eigenvalue weighted by molar-refractivity contribution is 6.05. The highest BCUT2D eigenvalue weighted by Gasteiger charge is 2.39. The van der Waals surface area contributed by atoms with Gasteiger partial charge in [-0.2, -0.15) is 8.78 Å². The number of hydrogen-bond acceptors (Lipinski definition) is 4. The first-order valence-corrected chi connectivity index (χ1v) is 8.09. The van der Waals surface area contributed by atoms with Crippen molar-refractivity contribution in [3.8, 4) is 0 Å². The zero-order valence-corrected chi connectivity index (χ0v) is 14.0. The number of benzene rings is 1. The average molecular weight is 365 g/mol. The highest BCUT2D eigenvalue weighted by Crippen LogP contribution is 2.28. The van der Waals surface area contributed by atoms with Gasteiger partial charge in [0.25, 0.3) is 11.8 Å². The maximum absolute atomic E-state index is 12.9. The van der Waals surface area contributed by atoms with Crippen LogP contribution in [0.4, 0.5) is 8.78 Å². The normalized spacial score (nSPS) is 20.0. The van der Waals surface area contributed by atoms with Crippen molar-refractivity contribution in [2.45, 2.75) is 44.8 Å². The first kappa shape index (κ1) is 18.0. The van der Waals surface area contributed by atoms with E-state index in [1.165, 1.54) is 4.90 Å². The molecule has 1 aromatic carbocycles. The number of hydrogen-bond donors (Lipinski definition) is 2. The molecule has 138 valence electrons. The third-order valence-corrected chi connectivity index (χ3v) is 4.44. The summed E-state index contributed by atoms with van der Waals surface area (Å²) in [7, 11) is 0. The van der Waals surface area contributed by atoms with E-state index < -0.39 is 23.8 Å². The molecule has 1 fully saturated rings. The number of alkyl halides is 2. The number of nitrogens with one attached hydrogen (secondary N) is 2. The number of nitrogens with zero attached hydrogens (tertiary/aromatic N) is 1. The monoisotopic (exact) mass is 365 g/mol. The number of amides is 4. The Bertz CT molecular complexity index is 804. The molecule has 2 aliphatic rings. The predicted molar refractivity (Wildman–Crippen MR) is 85.0 cm³/mol. The lowest BCUT2D eigenvalue weighted by atomic mass is 10.0. The minimum Gasteiger partial charge on any atom is -0.347 e. The van der Waals surface area contributed by atoms with E-state index in [2.05, 4.69) is 10.6 Å². The van der Waals surface area contributed by atoms with Crippen LogP contribution in [-0.4, -0.2) is 40.5 Å². The smallest absolute Gasteiger partial charge is 0.321 e. The number of fused-ring (bicyclic) bond motifs is 1. The Kier molecular flexibility index (Phi) is 4.47. The second-order valence-corrected chi connectivity index (χ2v) is 6.46. The lowest BCUT2D eigenvalue weighted by Gasteiger charge is -2.29. The summed E-state index contributed by atoms with van der Waals surface area (Å²) in [5.41, 5.74) is 1.64. The molecule has 1 atom stereocenters. The Morgan fingerprint density at radius 3 is 2.73 bits per heavy atom. The fraction of sp³-hybridized carbons (Fsp3) is 0.412. The van der Waals surface area contributed by atoms with Crippen LogP contribution < -0.4 is 10.6 Å². The summed E-state index contributed by atoms with van der Waals surface area (Å²) < 4.78 is 25.8. The summed E-state index contributed by atoms with van der Waals surface area (Å²) in [6.07, 6.45) is 0.429. The Hall–Kier alpha value is -2.84. The maximum Gasteiger partial charge on any atom is 0.321 e. The van der Waals surface area contributed by atoms with Gasteiger partial charge < -0.3 is 10.2 Å². The molecular weight excluding hydrogens is 348 g/mol. The van der Waals surface area contributed by atoms with Gasteiger partial charge in [0.05, 0.1) is 0 Å². The molecule has 0 aliphatic carbocycles. The number of piperidine rings is 1. The molecule has 1 unspecified atom stereocenters. The van der Waals surface area contributed by atoms with E-state index in [-0.39, 0.29) is 37.7 Å². The summed E-state index contributed by atoms with van der Waals surface area (Å²) in [5, 5.41) is 4.36. The molecule has 7 nitrogen and oxygen atoms in total. The van der Waals surface area contributed by atoms with Crippen LogP contribution in [0.1, 0.15) is 41.3 Å². The molecule has 0 bridgehead atoms. The van der Waals surface area contributed by atoms with Gasteiger partial charge in [0.15, 0.2) is 0 Å². The predicted octanol–water partition coefficient (Wildman–Crippen LogP) is 0.719. The lowest BCUT2D eigenvalue weighted by Crippen LogP contribution is -2.52. The minimum absolute atomic E-state index is 0.0951. The van der Waals surface area contributed by atoms with Crippen molar-refractivity contribution in [2.24, 2.45) is 0 Å². The van der Waals surface area contributed by atoms with Gasteiger partial charge in [0.1, 0.15) is 6.04 Å². The minimum atomic E-state index is -3.46. The van der Waals surface area contributed by atoms with E-state index in [9.17, 15) is 28.0 Å². The van der Waals surface area contributed by atoms with Crippen molar-refractivity contribution >= 4 is 23.6 Å². The van der Waals surface area contributed by atoms with E-state index in [0.29, 0.717) is 23.6 Å². The van der Waals surface area contributed by atoms with Crippen LogP contribution in [0, 0.1) is 0 Å². The van der Waals surface area contributed by atoms with Crippen molar-refractivity contribution in [2.75, 3.05) is 0 Å². The standard InChI is InChI=1S/C17H17F2N3O4/c1-17(18,19)16(26)20-7-9-2-3-11-10(6-9)8-22(15(11)25)12-4-5-13(23)21-14(12)24/h2-3,6,12H,4-5,7-8H2,1H3,(H,20,26)(H,21,23,24). The van der Waals surface area contributed by atoms with E-state index in [0.717, 1.165) is 0 Å². The largest absolute Gasteiger partial charge is 0.347 e. The fourth-order valence-electron chi connectivity index (χ4n) is 3.08. The van der Waals surface area contributed by atoms with Crippen LogP contribution in [0.5, 0.6) is 0 Å². The summed E-state index contributed by atoms with van der Waals surface area (Å²) >= 11 is 0. The number of imide groups is 1. The number of rotatable bonds is 4. The van der Waals surface area contributed by atoms with Gasteiger partial charge in [0.2, 0.25) is 11.8 Å². The van der Waals surface area contributed by atoms with Gasteiger partial charge in [-0.3, -0.25) is 24.5 Å². The Morgan fingerprint density at radius 1 is 1.35 bits per heavy atom. The van der Waals surface area contributed by atoms with Crippen LogP contribution in [0.25, 0.3) is 0 Å². The van der Waals surface area contributed by atoms with Gasteiger partial charge in [0, 0.05) is 32.0 Å². The molecule has 1 saturated heterocycles. The average Bonchev–Trinajstić information content (AvgIpc) is 2.88. The Morgan fingerprint density at radius 2 is 2.08 bits per heavy atom. The Balaban J connectivity index is 1.71. The second kappa shape index (κ2) is 6.47. The van der Waals surface area contributed by atoms with Gasteiger partial charge in [-0.05, 0) is 23.6 Å². The van der Waals surface area contributed by atoms with Gasteiger partial charge in [-0.15, -0.1) is 0 Å². The fourth-order valence-corrected chi connectivity index (χ4v) is 3.08. The van der Waals surface area contributed by atoms with Crippen LogP contribution >= 0.6 is 0 Å². The summed E-state index contributed by atoms with van der Waals surface area (Å²) in [5.74, 6) is -6.01. The number of halogens is 2. The molecule has 9 heteroatoms. The van der Waals surface area contributed by atoms with Crippen molar-refractivity contribution in [3.63, 3.8) is 0 Å². The third-order valence-electron chi connectivity index (χ3n) is 4.44.